The van der Waals surface area contributed by atoms with Gasteiger partial charge in [-0.2, -0.15) is 0 Å². The standard InChI is InChI=1S/C16H26FN3/c1-3-20(4-2)16-5-6-19(12-16)11-14-7-13(10-18)8-15(17)9-14/h7-9,16H,3-6,10-12,18H2,1-2H3. The first-order chi connectivity index (χ1) is 9.66. The fourth-order valence-corrected chi connectivity index (χ4v) is 3.18. The van der Waals surface area contributed by atoms with E-state index in [2.05, 4.69) is 23.6 Å². The van der Waals surface area contributed by atoms with Gasteiger partial charge in [-0.15, -0.1) is 0 Å². The zero-order valence-corrected chi connectivity index (χ0v) is 12.6. The number of halogens is 1. The molecule has 0 amide bonds. The fraction of sp³-hybridized carbons (Fsp3) is 0.625. The first kappa shape index (κ1) is 15.4. The molecule has 1 heterocycles. The molecule has 1 fully saturated rings. The number of nitrogens with zero attached hydrogens (tertiary/aromatic N) is 2. The molecule has 20 heavy (non-hydrogen) atoms. The maximum Gasteiger partial charge on any atom is 0.123 e. The molecule has 0 aromatic heterocycles. The van der Waals surface area contributed by atoms with Crippen molar-refractivity contribution in [2.24, 2.45) is 5.73 Å². The van der Waals surface area contributed by atoms with E-state index in [9.17, 15) is 4.39 Å². The first-order valence-electron chi connectivity index (χ1n) is 7.61. The molecular formula is C16H26FN3. The van der Waals surface area contributed by atoms with Crippen molar-refractivity contribution in [2.45, 2.75) is 39.4 Å². The second-order valence-electron chi connectivity index (χ2n) is 5.57. The van der Waals surface area contributed by atoms with Crippen molar-refractivity contribution in [1.29, 1.82) is 0 Å². The van der Waals surface area contributed by atoms with E-state index in [1.54, 1.807) is 6.07 Å². The van der Waals surface area contributed by atoms with E-state index in [0.717, 1.165) is 43.9 Å². The molecule has 1 aliphatic rings. The Labute approximate surface area is 121 Å². The van der Waals surface area contributed by atoms with Gasteiger partial charge in [0.1, 0.15) is 5.82 Å². The molecule has 2 rings (SSSR count). The summed E-state index contributed by atoms with van der Waals surface area (Å²) in [5.74, 6) is -0.178. The summed E-state index contributed by atoms with van der Waals surface area (Å²) in [5, 5.41) is 0. The Morgan fingerprint density at radius 1 is 1.25 bits per heavy atom. The molecule has 0 spiro atoms. The van der Waals surface area contributed by atoms with Gasteiger partial charge < -0.3 is 5.73 Å². The Bertz CT molecular complexity index is 432. The van der Waals surface area contributed by atoms with Gasteiger partial charge in [0.25, 0.3) is 0 Å². The van der Waals surface area contributed by atoms with Crippen molar-refractivity contribution in [3.63, 3.8) is 0 Å². The lowest BCUT2D eigenvalue weighted by Crippen LogP contribution is -2.37. The van der Waals surface area contributed by atoms with E-state index in [4.69, 9.17) is 5.73 Å². The maximum atomic E-state index is 13.5. The zero-order valence-electron chi connectivity index (χ0n) is 12.6. The number of benzene rings is 1. The first-order valence-corrected chi connectivity index (χ1v) is 7.61. The summed E-state index contributed by atoms with van der Waals surface area (Å²) in [6.45, 7) is 10.0. The molecule has 0 radical (unpaired) electrons. The number of hydrogen-bond acceptors (Lipinski definition) is 3. The molecule has 1 aromatic carbocycles. The van der Waals surface area contributed by atoms with Crippen LogP contribution in [0.5, 0.6) is 0 Å². The highest BCUT2D eigenvalue weighted by Crippen LogP contribution is 2.19. The van der Waals surface area contributed by atoms with Gasteiger partial charge in [-0.25, -0.2) is 4.39 Å². The molecule has 1 unspecified atom stereocenters. The van der Waals surface area contributed by atoms with Crippen molar-refractivity contribution in [2.75, 3.05) is 26.2 Å². The Kier molecular flexibility index (Phi) is 5.52. The smallest absolute Gasteiger partial charge is 0.123 e. The average Bonchev–Trinajstić information content (AvgIpc) is 2.88. The van der Waals surface area contributed by atoms with Crippen LogP contribution in [0.15, 0.2) is 18.2 Å². The summed E-state index contributed by atoms with van der Waals surface area (Å²) in [6.07, 6.45) is 1.21. The number of likely N-dealkylation sites (N-methyl/N-ethyl adjacent to an activating group) is 1. The van der Waals surface area contributed by atoms with Crippen LogP contribution in [0, 0.1) is 5.82 Å². The van der Waals surface area contributed by atoms with Gasteiger partial charge in [-0.05, 0) is 42.8 Å². The molecule has 2 N–H and O–H groups in total. The van der Waals surface area contributed by atoms with Crippen molar-refractivity contribution in [3.8, 4) is 0 Å². The maximum absolute atomic E-state index is 13.5. The largest absolute Gasteiger partial charge is 0.326 e. The molecule has 1 aromatic rings. The van der Waals surface area contributed by atoms with Crippen LogP contribution >= 0.6 is 0 Å². The van der Waals surface area contributed by atoms with Crippen molar-refractivity contribution >= 4 is 0 Å². The number of nitrogens with two attached hydrogens (primary N) is 1. The normalized spacial score (nSPS) is 19.9. The quantitative estimate of drug-likeness (QED) is 0.866. The summed E-state index contributed by atoms with van der Waals surface area (Å²) in [4.78, 5) is 4.93. The second-order valence-corrected chi connectivity index (χ2v) is 5.57. The molecule has 4 heteroatoms. The fourth-order valence-electron chi connectivity index (χ4n) is 3.18. The monoisotopic (exact) mass is 279 g/mol. The van der Waals surface area contributed by atoms with E-state index < -0.39 is 0 Å². The molecule has 3 nitrogen and oxygen atoms in total. The minimum atomic E-state index is -0.178. The zero-order chi connectivity index (χ0) is 14.5. The van der Waals surface area contributed by atoms with Crippen LogP contribution in [-0.2, 0) is 13.1 Å². The van der Waals surface area contributed by atoms with Crippen LogP contribution in [0.25, 0.3) is 0 Å². The van der Waals surface area contributed by atoms with Gasteiger partial charge in [0.15, 0.2) is 0 Å². The van der Waals surface area contributed by atoms with Crippen molar-refractivity contribution < 1.29 is 4.39 Å². The minimum absolute atomic E-state index is 0.178. The van der Waals surface area contributed by atoms with Gasteiger partial charge in [-0.3, -0.25) is 9.80 Å². The molecule has 0 bridgehead atoms. The molecule has 1 atom stereocenters. The second kappa shape index (κ2) is 7.16. The predicted octanol–water partition coefficient (Wildman–Crippen LogP) is 2.20. The van der Waals surface area contributed by atoms with Crippen LogP contribution < -0.4 is 5.73 Å². The van der Waals surface area contributed by atoms with E-state index in [-0.39, 0.29) is 5.82 Å². The molecule has 0 saturated carbocycles. The lowest BCUT2D eigenvalue weighted by molar-refractivity contribution is 0.209. The molecular weight excluding hydrogens is 253 g/mol. The van der Waals surface area contributed by atoms with Gasteiger partial charge in [0.2, 0.25) is 0 Å². The summed E-state index contributed by atoms with van der Waals surface area (Å²) >= 11 is 0. The molecule has 112 valence electrons. The van der Waals surface area contributed by atoms with Crippen LogP contribution in [0.4, 0.5) is 4.39 Å². The van der Waals surface area contributed by atoms with Crippen LogP contribution in [0.1, 0.15) is 31.4 Å². The highest BCUT2D eigenvalue weighted by molar-refractivity contribution is 5.24. The lowest BCUT2D eigenvalue weighted by atomic mass is 10.1. The van der Waals surface area contributed by atoms with E-state index in [1.807, 2.05) is 6.07 Å². The van der Waals surface area contributed by atoms with E-state index in [0.29, 0.717) is 12.6 Å². The Hall–Kier alpha value is -0.970. The highest BCUT2D eigenvalue weighted by atomic mass is 19.1. The Morgan fingerprint density at radius 2 is 1.95 bits per heavy atom. The van der Waals surface area contributed by atoms with Gasteiger partial charge >= 0.3 is 0 Å². The number of hydrogen-bond donors (Lipinski definition) is 1. The summed E-state index contributed by atoms with van der Waals surface area (Å²) in [5.41, 5.74) is 7.51. The SMILES string of the molecule is CCN(CC)C1CCN(Cc2cc(F)cc(CN)c2)C1. The predicted molar refractivity (Wildman–Crippen MR) is 80.9 cm³/mol. The third-order valence-electron chi connectivity index (χ3n) is 4.24. The summed E-state index contributed by atoms with van der Waals surface area (Å²) in [7, 11) is 0. The van der Waals surface area contributed by atoms with Crippen LogP contribution in [0.2, 0.25) is 0 Å². The van der Waals surface area contributed by atoms with Gasteiger partial charge in [0.05, 0.1) is 0 Å². The van der Waals surface area contributed by atoms with Crippen molar-refractivity contribution in [1.82, 2.24) is 9.80 Å². The third-order valence-corrected chi connectivity index (χ3v) is 4.24. The van der Waals surface area contributed by atoms with Crippen LogP contribution in [-0.4, -0.2) is 42.0 Å². The Morgan fingerprint density at radius 3 is 2.60 bits per heavy atom. The van der Waals surface area contributed by atoms with Crippen LogP contribution in [0.3, 0.4) is 0 Å². The van der Waals surface area contributed by atoms with E-state index >= 15 is 0 Å². The summed E-state index contributed by atoms with van der Waals surface area (Å²) < 4.78 is 13.5. The third kappa shape index (κ3) is 3.78. The average molecular weight is 279 g/mol. The molecule has 1 aliphatic heterocycles. The minimum Gasteiger partial charge on any atom is -0.326 e. The van der Waals surface area contributed by atoms with Crippen molar-refractivity contribution in [3.05, 3.63) is 35.1 Å². The van der Waals surface area contributed by atoms with E-state index in [1.165, 1.54) is 12.5 Å². The molecule has 1 saturated heterocycles. The highest BCUT2D eigenvalue weighted by Gasteiger charge is 2.26. The van der Waals surface area contributed by atoms with Gasteiger partial charge in [0, 0.05) is 32.2 Å². The Balaban J connectivity index is 1.96. The van der Waals surface area contributed by atoms with Gasteiger partial charge in [-0.1, -0.05) is 19.9 Å². The number of rotatable bonds is 6. The summed E-state index contributed by atoms with van der Waals surface area (Å²) in [6, 6.07) is 5.82. The lowest BCUT2D eigenvalue weighted by Gasteiger charge is -2.26. The topological polar surface area (TPSA) is 32.5 Å². The molecule has 0 aliphatic carbocycles. The number of likely N-dealkylation sites (tertiary alicyclic amines) is 1.